The van der Waals surface area contributed by atoms with Gasteiger partial charge in [0.15, 0.2) is 5.82 Å². The zero-order valence-corrected chi connectivity index (χ0v) is 11.8. The van der Waals surface area contributed by atoms with Crippen molar-refractivity contribution in [2.24, 2.45) is 11.7 Å². The summed E-state index contributed by atoms with van der Waals surface area (Å²) in [6.45, 7) is 2.33. The molecule has 0 aliphatic heterocycles. The number of hydrogen-bond acceptors (Lipinski definition) is 4. The van der Waals surface area contributed by atoms with Crippen LogP contribution < -0.4 is 5.73 Å². The summed E-state index contributed by atoms with van der Waals surface area (Å²) < 4.78 is 5.53. The van der Waals surface area contributed by atoms with E-state index in [0.29, 0.717) is 17.9 Å². The van der Waals surface area contributed by atoms with Gasteiger partial charge < -0.3 is 10.3 Å². The van der Waals surface area contributed by atoms with E-state index in [4.69, 9.17) is 15.2 Å². The Hall–Kier alpha value is -0.900. The molecule has 2 saturated carbocycles. The summed E-state index contributed by atoms with van der Waals surface area (Å²) in [6, 6.07) is 0.373. The lowest BCUT2D eigenvalue weighted by Gasteiger charge is -2.24. The van der Waals surface area contributed by atoms with Crippen LogP contribution in [0.2, 0.25) is 0 Å². The number of aromatic nitrogens is 2. The molecule has 0 radical (unpaired) electrons. The summed E-state index contributed by atoms with van der Waals surface area (Å²) in [4.78, 5) is 4.70. The summed E-state index contributed by atoms with van der Waals surface area (Å²) in [5.41, 5.74) is 5.95. The van der Waals surface area contributed by atoms with E-state index < -0.39 is 0 Å². The minimum Gasteiger partial charge on any atom is -0.339 e. The van der Waals surface area contributed by atoms with Crippen LogP contribution in [0.5, 0.6) is 0 Å². The van der Waals surface area contributed by atoms with E-state index in [1.54, 1.807) is 0 Å². The van der Waals surface area contributed by atoms with E-state index in [9.17, 15) is 0 Å². The summed E-state index contributed by atoms with van der Waals surface area (Å²) >= 11 is 0. The van der Waals surface area contributed by atoms with Crippen molar-refractivity contribution in [2.45, 2.75) is 76.2 Å². The largest absolute Gasteiger partial charge is 0.339 e. The van der Waals surface area contributed by atoms with Gasteiger partial charge in [-0.15, -0.1) is 0 Å². The zero-order valence-electron chi connectivity index (χ0n) is 11.8. The molecule has 4 heteroatoms. The van der Waals surface area contributed by atoms with Gasteiger partial charge >= 0.3 is 0 Å². The van der Waals surface area contributed by atoms with Crippen LogP contribution in [-0.2, 0) is 0 Å². The van der Waals surface area contributed by atoms with Crippen molar-refractivity contribution < 1.29 is 4.52 Å². The van der Waals surface area contributed by atoms with Crippen LogP contribution in [0.3, 0.4) is 0 Å². The Bertz CT molecular complexity index is 409. The fourth-order valence-electron chi connectivity index (χ4n) is 3.61. The molecule has 2 aliphatic rings. The molecule has 0 amide bonds. The first-order valence-corrected chi connectivity index (χ1v) is 7.81. The van der Waals surface area contributed by atoms with Crippen molar-refractivity contribution in [3.05, 3.63) is 11.7 Å². The van der Waals surface area contributed by atoms with Gasteiger partial charge in [0.05, 0.1) is 0 Å². The maximum Gasteiger partial charge on any atom is 0.229 e. The number of hydrogen-bond donors (Lipinski definition) is 1. The van der Waals surface area contributed by atoms with Gasteiger partial charge in [-0.05, 0) is 44.4 Å². The van der Waals surface area contributed by atoms with Crippen LogP contribution in [0.15, 0.2) is 4.52 Å². The van der Waals surface area contributed by atoms with Gasteiger partial charge in [-0.2, -0.15) is 4.98 Å². The van der Waals surface area contributed by atoms with E-state index in [1.807, 2.05) is 0 Å². The lowest BCUT2D eigenvalue weighted by Crippen LogP contribution is -2.25. The SMILES string of the molecule is CC1CCCC(c2noc(C3CCC(N)CC3)n2)C1. The second-order valence-corrected chi connectivity index (χ2v) is 6.57. The standard InChI is InChI=1S/C15H25N3O/c1-10-3-2-4-12(9-10)14-17-15(19-18-14)11-5-7-13(16)8-6-11/h10-13H,2-9,16H2,1H3. The molecule has 106 valence electrons. The maximum absolute atomic E-state index is 5.95. The van der Waals surface area contributed by atoms with Gasteiger partial charge in [0.1, 0.15) is 0 Å². The van der Waals surface area contributed by atoms with Crippen LogP contribution in [0.1, 0.15) is 81.8 Å². The molecule has 2 fully saturated rings. The highest BCUT2D eigenvalue weighted by atomic mass is 16.5. The van der Waals surface area contributed by atoms with Crippen molar-refractivity contribution in [3.63, 3.8) is 0 Å². The first kappa shape index (κ1) is 13.1. The average Bonchev–Trinajstić information content (AvgIpc) is 2.89. The maximum atomic E-state index is 5.95. The predicted octanol–water partition coefficient (Wildman–Crippen LogP) is 3.35. The zero-order chi connectivity index (χ0) is 13.2. The second-order valence-electron chi connectivity index (χ2n) is 6.57. The van der Waals surface area contributed by atoms with Crippen molar-refractivity contribution in [1.29, 1.82) is 0 Å². The van der Waals surface area contributed by atoms with Crippen LogP contribution in [0, 0.1) is 5.92 Å². The van der Waals surface area contributed by atoms with Gasteiger partial charge in [-0.1, -0.05) is 24.9 Å². The van der Waals surface area contributed by atoms with E-state index in [0.717, 1.165) is 43.3 Å². The molecule has 19 heavy (non-hydrogen) atoms. The fourth-order valence-corrected chi connectivity index (χ4v) is 3.61. The molecular formula is C15H25N3O. The molecule has 2 N–H and O–H groups in total. The first-order valence-electron chi connectivity index (χ1n) is 7.81. The second kappa shape index (κ2) is 5.61. The smallest absolute Gasteiger partial charge is 0.229 e. The highest BCUT2D eigenvalue weighted by Gasteiger charge is 2.28. The fraction of sp³-hybridized carbons (Fsp3) is 0.867. The van der Waals surface area contributed by atoms with Crippen LogP contribution >= 0.6 is 0 Å². The van der Waals surface area contributed by atoms with Crippen LogP contribution in [0.4, 0.5) is 0 Å². The quantitative estimate of drug-likeness (QED) is 0.888. The normalized spacial score (nSPS) is 36.3. The van der Waals surface area contributed by atoms with Gasteiger partial charge in [0.2, 0.25) is 5.89 Å². The minimum atomic E-state index is 0.373. The van der Waals surface area contributed by atoms with Gasteiger partial charge in [0, 0.05) is 17.9 Å². The number of rotatable bonds is 2. The molecule has 4 nitrogen and oxygen atoms in total. The van der Waals surface area contributed by atoms with Crippen molar-refractivity contribution in [1.82, 2.24) is 10.1 Å². The molecule has 2 atom stereocenters. The molecule has 1 aromatic rings. The summed E-state index contributed by atoms with van der Waals surface area (Å²) in [7, 11) is 0. The third-order valence-corrected chi connectivity index (χ3v) is 4.88. The van der Waals surface area contributed by atoms with E-state index >= 15 is 0 Å². The summed E-state index contributed by atoms with van der Waals surface area (Å²) in [6.07, 6.45) is 9.46. The third kappa shape index (κ3) is 2.99. The van der Waals surface area contributed by atoms with E-state index in [1.165, 1.54) is 25.7 Å². The topological polar surface area (TPSA) is 64.9 Å². The van der Waals surface area contributed by atoms with Crippen LogP contribution in [-0.4, -0.2) is 16.2 Å². The highest BCUT2D eigenvalue weighted by molar-refractivity contribution is 5.02. The lowest BCUT2D eigenvalue weighted by molar-refractivity contribution is 0.293. The van der Waals surface area contributed by atoms with Crippen molar-refractivity contribution in [3.8, 4) is 0 Å². The van der Waals surface area contributed by atoms with Gasteiger partial charge in [-0.3, -0.25) is 0 Å². The Labute approximate surface area is 115 Å². The number of nitrogens with zero attached hydrogens (tertiary/aromatic N) is 2. The molecule has 2 aliphatic carbocycles. The molecule has 1 heterocycles. The Morgan fingerprint density at radius 2 is 1.84 bits per heavy atom. The van der Waals surface area contributed by atoms with Gasteiger partial charge in [-0.25, -0.2) is 0 Å². The molecule has 0 saturated heterocycles. The summed E-state index contributed by atoms with van der Waals surface area (Å²) in [5.74, 6) is 3.58. The molecule has 3 rings (SSSR count). The monoisotopic (exact) mass is 263 g/mol. The molecule has 0 aromatic carbocycles. The molecular weight excluding hydrogens is 238 g/mol. The third-order valence-electron chi connectivity index (χ3n) is 4.88. The van der Waals surface area contributed by atoms with Gasteiger partial charge in [0.25, 0.3) is 0 Å². The Morgan fingerprint density at radius 3 is 2.58 bits per heavy atom. The van der Waals surface area contributed by atoms with E-state index in [2.05, 4.69) is 12.1 Å². The Balaban J connectivity index is 1.65. The van der Waals surface area contributed by atoms with E-state index in [-0.39, 0.29) is 0 Å². The van der Waals surface area contributed by atoms with Crippen molar-refractivity contribution >= 4 is 0 Å². The minimum absolute atomic E-state index is 0.373. The van der Waals surface area contributed by atoms with Crippen LogP contribution in [0.25, 0.3) is 0 Å². The van der Waals surface area contributed by atoms with Crippen molar-refractivity contribution in [2.75, 3.05) is 0 Å². The average molecular weight is 263 g/mol. The Kier molecular flexibility index (Phi) is 3.87. The summed E-state index contributed by atoms with van der Waals surface area (Å²) in [5, 5.41) is 4.25. The first-order chi connectivity index (χ1) is 9.22. The highest BCUT2D eigenvalue weighted by Crippen LogP contribution is 2.36. The lowest BCUT2D eigenvalue weighted by atomic mass is 9.82. The Morgan fingerprint density at radius 1 is 1.05 bits per heavy atom. The number of nitrogens with two attached hydrogens (primary N) is 1. The molecule has 0 bridgehead atoms. The molecule has 1 aromatic heterocycles. The predicted molar refractivity (Wildman–Crippen MR) is 73.9 cm³/mol. The molecule has 2 unspecified atom stereocenters. The molecule has 0 spiro atoms.